The standard InChI is InChI=1S/C18H27NO2/c1-13(2)15-4-6-16(7-5-15)17(21)19-18(12-20)10-8-14(3)9-11-18/h4-7,13-14,20H,8-12H2,1-3H3,(H,19,21). The monoisotopic (exact) mass is 289 g/mol. The molecule has 2 N–H and O–H groups in total. The maximum absolute atomic E-state index is 12.4. The Hall–Kier alpha value is -1.35. The van der Waals surface area contributed by atoms with E-state index in [9.17, 15) is 9.90 Å². The van der Waals surface area contributed by atoms with E-state index in [0.29, 0.717) is 17.4 Å². The molecule has 3 nitrogen and oxygen atoms in total. The van der Waals surface area contributed by atoms with Gasteiger partial charge in [-0.05, 0) is 55.2 Å². The van der Waals surface area contributed by atoms with Crippen LogP contribution in [-0.2, 0) is 0 Å². The predicted molar refractivity (Wildman–Crippen MR) is 85.4 cm³/mol. The van der Waals surface area contributed by atoms with Crippen molar-refractivity contribution in [2.45, 2.75) is 57.9 Å². The van der Waals surface area contributed by atoms with Gasteiger partial charge in [0.05, 0.1) is 12.1 Å². The minimum atomic E-state index is -0.430. The van der Waals surface area contributed by atoms with E-state index >= 15 is 0 Å². The van der Waals surface area contributed by atoms with Crippen molar-refractivity contribution in [2.24, 2.45) is 5.92 Å². The zero-order valence-corrected chi connectivity index (χ0v) is 13.4. The van der Waals surface area contributed by atoms with Crippen molar-refractivity contribution in [3.05, 3.63) is 35.4 Å². The zero-order valence-electron chi connectivity index (χ0n) is 13.4. The van der Waals surface area contributed by atoms with Crippen LogP contribution in [0.25, 0.3) is 0 Å². The number of hydrogen-bond acceptors (Lipinski definition) is 2. The first-order valence-corrected chi connectivity index (χ1v) is 7.99. The van der Waals surface area contributed by atoms with Gasteiger partial charge in [-0.1, -0.05) is 32.9 Å². The van der Waals surface area contributed by atoms with Gasteiger partial charge in [-0.3, -0.25) is 4.79 Å². The van der Waals surface area contributed by atoms with Gasteiger partial charge in [0.15, 0.2) is 0 Å². The maximum Gasteiger partial charge on any atom is 0.251 e. The van der Waals surface area contributed by atoms with Crippen LogP contribution in [0.4, 0.5) is 0 Å². The molecule has 2 rings (SSSR count). The number of nitrogens with one attached hydrogen (secondary N) is 1. The summed E-state index contributed by atoms with van der Waals surface area (Å²) in [7, 11) is 0. The van der Waals surface area contributed by atoms with Gasteiger partial charge < -0.3 is 10.4 Å². The van der Waals surface area contributed by atoms with Crippen LogP contribution < -0.4 is 5.32 Å². The molecule has 0 aliphatic heterocycles. The molecule has 0 heterocycles. The van der Waals surface area contributed by atoms with Crippen molar-refractivity contribution < 1.29 is 9.90 Å². The fourth-order valence-corrected chi connectivity index (χ4v) is 2.97. The zero-order chi connectivity index (χ0) is 15.5. The molecule has 1 aliphatic rings. The number of amides is 1. The normalized spacial score (nSPS) is 25.9. The molecule has 0 spiro atoms. The third-order valence-corrected chi connectivity index (χ3v) is 4.75. The summed E-state index contributed by atoms with van der Waals surface area (Å²) in [5.41, 5.74) is 1.47. The van der Waals surface area contributed by atoms with Crippen LogP contribution in [0.15, 0.2) is 24.3 Å². The first kappa shape index (κ1) is 16.0. The molecule has 1 fully saturated rings. The number of rotatable bonds is 4. The minimum Gasteiger partial charge on any atom is -0.394 e. The molecule has 0 aromatic heterocycles. The molecule has 0 unspecified atom stereocenters. The molecule has 21 heavy (non-hydrogen) atoms. The average molecular weight is 289 g/mol. The van der Waals surface area contributed by atoms with E-state index in [2.05, 4.69) is 26.1 Å². The van der Waals surface area contributed by atoms with Crippen LogP contribution in [0.5, 0.6) is 0 Å². The summed E-state index contributed by atoms with van der Waals surface area (Å²) < 4.78 is 0. The van der Waals surface area contributed by atoms with Crippen molar-refractivity contribution >= 4 is 5.91 Å². The number of benzene rings is 1. The highest BCUT2D eigenvalue weighted by molar-refractivity contribution is 5.94. The molecule has 0 saturated heterocycles. The fourth-order valence-electron chi connectivity index (χ4n) is 2.97. The van der Waals surface area contributed by atoms with Crippen molar-refractivity contribution in [3.63, 3.8) is 0 Å². The first-order chi connectivity index (χ1) is 9.96. The van der Waals surface area contributed by atoms with E-state index in [0.717, 1.165) is 25.7 Å². The second-order valence-corrected chi connectivity index (χ2v) is 6.85. The quantitative estimate of drug-likeness (QED) is 0.891. The molecule has 1 aliphatic carbocycles. The molecular weight excluding hydrogens is 262 g/mol. The number of aliphatic hydroxyl groups excluding tert-OH is 1. The van der Waals surface area contributed by atoms with Gasteiger partial charge in [0.25, 0.3) is 5.91 Å². The minimum absolute atomic E-state index is 0.0234. The van der Waals surface area contributed by atoms with Crippen molar-refractivity contribution in [1.29, 1.82) is 0 Å². The Labute approximate surface area is 127 Å². The Kier molecular flexibility index (Phi) is 5.04. The van der Waals surface area contributed by atoms with Gasteiger partial charge in [-0.25, -0.2) is 0 Å². The lowest BCUT2D eigenvalue weighted by atomic mass is 9.77. The Morgan fingerprint density at radius 3 is 2.33 bits per heavy atom. The Bertz CT molecular complexity index is 470. The number of carbonyl (C=O) groups is 1. The summed E-state index contributed by atoms with van der Waals surface area (Å²) in [6, 6.07) is 7.77. The molecule has 1 amide bonds. The maximum atomic E-state index is 12.4. The van der Waals surface area contributed by atoms with E-state index < -0.39 is 5.54 Å². The van der Waals surface area contributed by atoms with E-state index in [1.807, 2.05) is 24.3 Å². The van der Waals surface area contributed by atoms with Gasteiger partial charge >= 0.3 is 0 Å². The van der Waals surface area contributed by atoms with E-state index in [1.165, 1.54) is 5.56 Å². The lowest BCUT2D eigenvalue weighted by molar-refractivity contribution is 0.0717. The van der Waals surface area contributed by atoms with E-state index in [-0.39, 0.29) is 12.5 Å². The SMILES string of the molecule is CC1CCC(CO)(NC(=O)c2ccc(C(C)C)cc2)CC1. The molecular formula is C18H27NO2. The summed E-state index contributed by atoms with van der Waals surface area (Å²) in [4.78, 5) is 12.4. The second kappa shape index (κ2) is 6.61. The highest BCUT2D eigenvalue weighted by Gasteiger charge is 2.35. The van der Waals surface area contributed by atoms with Crippen LogP contribution in [0, 0.1) is 5.92 Å². The van der Waals surface area contributed by atoms with Crippen LogP contribution in [0.3, 0.4) is 0 Å². The number of aliphatic hydroxyl groups is 1. The highest BCUT2D eigenvalue weighted by Crippen LogP contribution is 2.31. The molecule has 1 saturated carbocycles. The smallest absolute Gasteiger partial charge is 0.251 e. The number of hydrogen-bond donors (Lipinski definition) is 2. The number of carbonyl (C=O) groups excluding carboxylic acids is 1. The van der Waals surface area contributed by atoms with Gasteiger partial charge in [-0.2, -0.15) is 0 Å². The second-order valence-electron chi connectivity index (χ2n) is 6.85. The summed E-state index contributed by atoms with van der Waals surface area (Å²) in [5.74, 6) is 1.08. The lowest BCUT2D eigenvalue weighted by Crippen LogP contribution is -2.53. The summed E-state index contributed by atoms with van der Waals surface area (Å²) >= 11 is 0. The third-order valence-electron chi connectivity index (χ3n) is 4.75. The Morgan fingerprint density at radius 1 is 1.29 bits per heavy atom. The topological polar surface area (TPSA) is 49.3 Å². The first-order valence-electron chi connectivity index (χ1n) is 7.99. The van der Waals surface area contributed by atoms with Crippen LogP contribution in [0.1, 0.15) is 68.3 Å². The Morgan fingerprint density at radius 2 is 1.86 bits per heavy atom. The summed E-state index contributed by atoms with van der Waals surface area (Å²) in [5, 5.41) is 12.8. The van der Waals surface area contributed by atoms with Gasteiger partial charge in [0.2, 0.25) is 0 Å². The largest absolute Gasteiger partial charge is 0.394 e. The fraction of sp³-hybridized carbons (Fsp3) is 0.611. The van der Waals surface area contributed by atoms with Crippen molar-refractivity contribution in [2.75, 3.05) is 6.61 Å². The molecule has 116 valence electrons. The average Bonchev–Trinajstić information content (AvgIpc) is 2.50. The molecule has 1 aromatic rings. The lowest BCUT2D eigenvalue weighted by Gasteiger charge is -2.38. The van der Waals surface area contributed by atoms with Crippen molar-refractivity contribution in [1.82, 2.24) is 5.32 Å². The highest BCUT2D eigenvalue weighted by atomic mass is 16.3. The Balaban J connectivity index is 2.05. The molecule has 1 aromatic carbocycles. The van der Waals surface area contributed by atoms with Gasteiger partial charge in [0, 0.05) is 5.56 Å². The van der Waals surface area contributed by atoms with E-state index in [4.69, 9.17) is 0 Å². The summed E-state index contributed by atoms with van der Waals surface area (Å²) in [6.45, 7) is 6.53. The van der Waals surface area contributed by atoms with Gasteiger partial charge in [0.1, 0.15) is 0 Å². The van der Waals surface area contributed by atoms with Crippen LogP contribution in [-0.4, -0.2) is 23.2 Å². The molecule has 0 bridgehead atoms. The molecule has 0 atom stereocenters. The van der Waals surface area contributed by atoms with Crippen LogP contribution in [0.2, 0.25) is 0 Å². The molecule has 0 radical (unpaired) electrons. The van der Waals surface area contributed by atoms with Gasteiger partial charge in [-0.15, -0.1) is 0 Å². The van der Waals surface area contributed by atoms with Crippen molar-refractivity contribution in [3.8, 4) is 0 Å². The summed E-state index contributed by atoms with van der Waals surface area (Å²) in [6.07, 6.45) is 3.85. The van der Waals surface area contributed by atoms with Crippen LogP contribution >= 0.6 is 0 Å². The van der Waals surface area contributed by atoms with E-state index in [1.54, 1.807) is 0 Å². The third kappa shape index (κ3) is 3.85. The molecule has 3 heteroatoms. The predicted octanol–water partition coefficient (Wildman–Crippen LogP) is 3.48.